The van der Waals surface area contributed by atoms with E-state index in [1.54, 1.807) is 0 Å². The van der Waals surface area contributed by atoms with E-state index in [4.69, 9.17) is 121 Å². The first-order valence-corrected chi connectivity index (χ1v) is 8.69. The van der Waals surface area contributed by atoms with Gasteiger partial charge in [-0.15, -0.1) is 58.0 Å². The minimum atomic E-state index is -0.711. The lowest BCUT2D eigenvalue weighted by atomic mass is 10.5. The lowest BCUT2D eigenvalue weighted by molar-refractivity contribution is -0.104. The van der Waals surface area contributed by atoms with Crippen LogP contribution in [0.15, 0.2) is 21.9 Å². The van der Waals surface area contributed by atoms with Crippen LogP contribution in [0, 0.1) is 0 Å². The SMILES string of the molecule is Cl/C=C(\Cl)C(Cl)Cl.ClC(Cl)C(Cl)C(Cl)Cl.O=C/C(Cl)=C\O. The number of rotatable bonds is 4. The van der Waals surface area contributed by atoms with Gasteiger partial charge in [0.15, 0.2) is 6.29 Å². The fourth-order valence-corrected chi connectivity index (χ4v) is 1.45. The van der Waals surface area contributed by atoms with Crippen molar-refractivity contribution in [2.75, 3.05) is 0 Å². The number of aliphatic hydroxyl groups is 1. The van der Waals surface area contributed by atoms with Crippen molar-refractivity contribution in [2.24, 2.45) is 0 Å². The maximum absolute atomic E-state index is 9.38. The smallest absolute Gasteiger partial charge is 0.164 e. The molecular weight excluding hydrogens is 495 g/mol. The summed E-state index contributed by atoms with van der Waals surface area (Å²) in [5, 5.41) is 7.27. The van der Waals surface area contributed by atoms with Gasteiger partial charge in [-0.2, -0.15) is 0 Å². The van der Waals surface area contributed by atoms with Gasteiger partial charge in [0.1, 0.15) is 25.8 Å². The van der Waals surface area contributed by atoms with Crippen molar-refractivity contribution in [2.45, 2.75) is 19.9 Å². The van der Waals surface area contributed by atoms with Crippen molar-refractivity contribution in [3.63, 3.8) is 0 Å². The van der Waals surface area contributed by atoms with Gasteiger partial charge in [-0.3, -0.25) is 4.79 Å². The highest BCUT2D eigenvalue weighted by Gasteiger charge is 2.20. The summed E-state index contributed by atoms with van der Waals surface area (Å²) < 4.78 is 0. The van der Waals surface area contributed by atoms with Crippen LogP contribution in [0.4, 0.5) is 0 Å². The molecule has 0 amide bonds. The Balaban J connectivity index is -0.000000234. The van der Waals surface area contributed by atoms with Gasteiger partial charge >= 0.3 is 0 Å². The van der Waals surface area contributed by atoms with E-state index in [9.17, 15) is 4.79 Å². The van der Waals surface area contributed by atoms with Crippen LogP contribution in [0.2, 0.25) is 0 Å². The lowest BCUT2D eigenvalue weighted by Gasteiger charge is -2.08. The average Bonchev–Trinajstić information content (AvgIpc) is 2.45. The van der Waals surface area contributed by atoms with Crippen molar-refractivity contribution in [3.8, 4) is 0 Å². The Morgan fingerprint density at radius 2 is 1.29 bits per heavy atom. The number of hydrogen-bond donors (Lipinski definition) is 1. The van der Waals surface area contributed by atoms with Crippen LogP contribution in [-0.4, -0.2) is 31.3 Å². The first-order valence-electron chi connectivity index (χ1n) is 4.44. The largest absolute Gasteiger partial charge is 0.514 e. The quantitative estimate of drug-likeness (QED) is 0.192. The Kier molecular flexibility index (Phi) is 24.0. The third-order valence-corrected chi connectivity index (χ3v) is 4.69. The van der Waals surface area contributed by atoms with Gasteiger partial charge in [-0.1, -0.05) is 58.0 Å². The minimum Gasteiger partial charge on any atom is -0.514 e. The molecule has 0 spiro atoms. The zero-order valence-electron chi connectivity index (χ0n) is 9.68. The molecule has 0 aromatic rings. The number of hydrogen-bond acceptors (Lipinski definition) is 2. The van der Waals surface area contributed by atoms with Crippen LogP contribution >= 0.6 is 116 Å². The van der Waals surface area contributed by atoms with Gasteiger partial charge in [0.25, 0.3) is 0 Å². The highest BCUT2D eigenvalue weighted by atomic mass is 35.5. The Hall–Kier alpha value is 1.85. The van der Waals surface area contributed by atoms with Gasteiger partial charge in [0.05, 0.1) is 10.4 Å². The molecule has 1 N–H and O–H groups in total. The van der Waals surface area contributed by atoms with Crippen molar-refractivity contribution in [1.82, 2.24) is 0 Å². The van der Waals surface area contributed by atoms with E-state index < -0.39 is 19.9 Å². The molecule has 0 bridgehead atoms. The molecule has 0 fully saturated rings. The predicted octanol–water partition coefficient (Wildman–Crippen LogP) is 7.13. The predicted molar refractivity (Wildman–Crippen MR) is 98.5 cm³/mol. The number of alkyl halides is 7. The molecule has 0 atom stereocenters. The molecule has 0 saturated carbocycles. The van der Waals surface area contributed by atoms with Crippen LogP contribution in [0.5, 0.6) is 0 Å². The summed E-state index contributed by atoms with van der Waals surface area (Å²) in [6.07, 6.45) is 0.885. The summed E-state index contributed by atoms with van der Waals surface area (Å²) >= 11 is 52.2. The van der Waals surface area contributed by atoms with Crippen LogP contribution < -0.4 is 0 Å². The molecule has 12 heteroatoms. The molecule has 0 saturated heterocycles. The normalized spacial score (nSPS) is 12.1. The summed E-state index contributed by atoms with van der Waals surface area (Å²) in [4.78, 5) is 7.26. The third kappa shape index (κ3) is 21.9. The molecule has 0 aromatic carbocycles. The summed E-state index contributed by atoms with van der Waals surface area (Å²) in [6.45, 7) is 0. The number of allylic oxidation sites excluding steroid dienone is 2. The fraction of sp³-hybridized carbons (Fsp3) is 0.444. The van der Waals surface area contributed by atoms with Crippen LogP contribution in [0.3, 0.4) is 0 Å². The van der Waals surface area contributed by atoms with Gasteiger partial charge in [-0.25, -0.2) is 0 Å². The topological polar surface area (TPSA) is 37.3 Å². The zero-order valence-corrected chi connectivity index (χ0v) is 17.2. The monoisotopic (exact) mass is 498 g/mol. The first-order chi connectivity index (χ1) is 9.54. The van der Waals surface area contributed by atoms with Crippen molar-refractivity contribution in [1.29, 1.82) is 0 Å². The molecule has 21 heavy (non-hydrogen) atoms. The Morgan fingerprint density at radius 1 is 0.905 bits per heavy atom. The summed E-state index contributed by atoms with van der Waals surface area (Å²) in [5.74, 6) is 0. The number of aliphatic hydroxyl groups excluding tert-OH is 1. The molecule has 2 nitrogen and oxygen atoms in total. The van der Waals surface area contributed by atoms with Gasteiger partial charge in [-0.05, 0) is 0 Å². The Morgan fingerprint density at radius 3 is 1.29 bits per heavy atom. The molecule has 126 valence electrons. The van der Waals surface area contributed by atoms with Gasteiger partial charge in [0.2, 0.25) is 0 Å². The van der Waals surface area contributed by atoms with Crippen molar-refractivity contribution < 1.29 is 9.90 Å². The second-order valence-corrected chi connectivity index (χ2v) is 7.56. The zero-order chi connectivity index (χ0) is 17.6. The van der Waals surface area contributed by atoms with Gasteiger partial charge in [0, 0.05) is 5.54 Å². The van der Waals surface area contributed by atoms with E-state index in [-0.39, 0.29) is 10.1 Å². The average molecular weight is 503 g/mol. The van der Waals surface area contributed by atoms with E-state index in [0.717, 1.165) is 5.54 Å². The molecule has 0 rings (SSSR count). The molecule has 0 unspecified atom stereocenters. The Labute approximate surface area is 172 Å². The van der Waals surface area contributed by atoms with E-state index in [1.807, 2.05) is 0 Å². The number of aldehydes is 1. The molecule has 0 aromatic heterocycles. The van der Waals surface area contributed by atoms with Crippen LogP contribution in [0.25, 0.3) is 0 Å². The fourth-order valence-electron chi connectivity index (χ4n) is 0.188. The second-order valence-electron chi connectivity index (χ2n) is 2.54. The maximum atomic E-state index is 9.38. The van der Waals surface area contributed by atoms with E-state index in [1.165, 1.54) is 0 Å². The molecule has 0 aliphatic carbocycles. The van der Waals surface area contributed by atoms with Crippen molar-refractivity contribution >= 4 is 122 Å². The van der Waals surface area contributed by atoms with Gasteiger partial charge < -0.3 is 5.11 Å². The van der Waals surface area contributed by atoms with Crippen LogP contribution in [-0.2, 0) is 4.79 Å². The summed E-state index contributed by atoms with van der Waals surface area (Å²) in [6, 6.07) is 0. The summed E-state index contributed by atoms with van der Waals surface area (Å²) in [5.41, 5.74) is 1.13. The maximum Gasteiger partial charge on any atom is 0.164 e. The number of halogens is 10. The second kappa shape index (κ2) is 18.2. The standard InChI is InChI=1S/C3H3Cl5.C3H2Cl4.C3H3ClO2/c4-1(2(5)6)3(7)8;4-1-2(5)3(6)7;4-3(1-5)2-6/h1-3H;1,3H;1-2,5H/b;2-1-;3-1+. The summed E-state index contributed by atoms with van der Waals surface area (Å²) in [7, 11) is 0. The van der Waals surface area contributed by atoms with Crippen LogP contribution in [0.1, 0.15) is 0 Å². The van der Waals surface area contributed by atoms with E-state index in [0.29, 0.717) is 12.5 Å². The molecule has 0 aliphatic heterocycles. The molecule has 0 radical (unpaired) electrons. The number of carbonyl (C=O) groups excluding carboxylic acids is 1. The third-order valence-electron chi connectivity index (χ3n) is 1.03. The van der Waals surface area contributed by atoms with E-state index >= 15 is 0 Å². The highest BCUT2D eigenvalue weighted by molar-refractivity contribution is 6.54. The molecule has 0 heterocycles. The number of carbonyl (C=O) groups is 1. The Bertz CT molecular complexity index is 308. The molecular formula is C9H8Cl10O2. The highest BCUT2D eigenvalue weighted by Crippen LogP contribution is 2.23. The minimum absolute atomic E-state index is 0.185. The molecule has 0 aliphatic rings. The van der Waals surface area contributed by atoms with E-state index in [2.05, 4.69) is 0 Å². The first kappa shape index (κ1) is 27.7. The lowest BCUT2D eigenvalue weighted by Crippen LogP contribution is -2.16. The van der Waals surface area contributed by atoms with Crippen molar-refractivity contribution in [3.05, 3.63) is 21.9 Å².